The van der Waals surface area contributed by atoms with Crippen molar-refractivity contribution in [2.45, 2.75) is 19.4 Å². The second-order valence-electron chi connectivity index (χ2n) is 7.78. The smallest absolute Gasteiger partial charge is 0.231 e. The molecule has 6 rings (SSSR count). The zero-order valence-corrected chi connectivity index (χ0v) is 19.2. The summed E-state index contributed by atoms with van der Waals surface area (Å²) in [5.74, 6) is 3.06. The van der Waals surface area contributed by atoms with Crippen LogP contribution in [0.5, 0.6) is 23.0 Å². The van der Waals surface area contributed by atoms with E-state index in [4.69, 9.17) is 30.5 Å². The second-order valence-corrected chi connectivity index (χ2v) is 9.48. The highest BCUT2D eigenvalue weighted by atomic mass is 35.5. The van der Waals surface area contributed by atoms with Crippen LogP contribution < -0.4 is 23.5 Å². The SMILES string of the molecule is COc1ccc2c(Cc3cnc(Cl)s3)c3[n+](cc2c1OC)CCc1cc2c(cc1-3)OCO2. The molecule has 0 atom stereocenters. The molecule has 0 unspecified atom stereocenters. The molecule has 0 amide bonds. The van der Waals surface area contributed by atoms with Crippen molar-refractivity contribution in [1.82, 2.24) is 4.98 Å². The van der Waals surface area contributed by atoms with Crippen LogP contribution in [0.3, 0.4) is 0 Å². The van der Waals surface area contributed by atoms with Crippen molar-refractivity contribution in [1.29, 1.82) is 0 Å². The molecule has 2 aliphatic rings. The van der Waals surface area contributed by atoms with Gasteiger partial charge in [0.25, 0.3) is 0 Å². The van der Waals surface area contributed by atoms with E-state index in [1.165, 1.54) is 33.7 Å². The Morgan fingerprint density at radius 3 is 2.72 bits per heavy atom. The number of hydrogen-bond donors (Lipinski definition) is 0. The Hall–Kier alpha value is -3.03. The van der Waals surface area contributed by atoms with Crippen molar-refractivity contribution in [3.8, 4) is 34.3 Å². The second kappa shape index (κ2) is 7.53. The van der Waals surface area contributed by atoms with Gasteiger partial charge in [-0.25, -0.2) is 4.98 Å². The zero-order valence-electron chi connectivity index (χ0n) is 17.6. The van der Waals surface area contributed by atoms with Crippen LogP contribution in [0.2, 0.25) is 4.47 Å². The van der Waals surface area contributed by atoms with Crippen molar-refractivity contribution in [3.63, 3.8) is 0 Å². The molecule has 0 fully saturated rings. The first-order valence-electron chi connectivity index (χ1n) is 10.3. The van der Waals surface area contributed by atoms with Gasteiger partial charge in [-0.05, 0) is 29.8 Å². The number of aryl methyl sites for hydroxylation is 2. The lowest BCUT2D eigenvalue weighted by Crippen LogP contribution is -2.41. The lowest BCUT2D eigenvalue weighted by atomic mass is 9.90. The molecule has 162 valence electrons. The van der Waals surface area contributed by atoms with Crippen molar-refractivity contribution >= 4 is 33.7 Å². The first-order valence-corrected chi connectivity index (χ1v) is 11.5. The lowest BCUT2D eigenvalue weighted by Gasteiger charge is -2.20. The van der Waals surface area contributed by atoms with Crippen molar-refractivity contribution in [2.24, 2.45) is 0 Å². The molecule has 2 aromatic carbocycles. The molecule has 8 heteroatoms. The molecule has 0 N–H and O–H groups in total. The molecule has 0 aliphatic carbocycles. The first kappa shape index (κ1) is 19.6. The van der Waals surface area contributed by atoms with Gasteiger partial charge in [0, 0.05) is 34.9 Å². The van der Waals surface area contributed by atoms with Crippen molar-refractivity contribution in [3.05, 3.63) is 57.1 Å². The van der Waals surface area contributed by atoms with Crippen LogP contribution in [-0.4, -0.2) is 26.0 Å². The summed E-state index contributed by atoms with van der Waals surface area (Å²) in [5.41, 5.74) is 4.80. The van der Waals surface area contributed by atoms with Crippen molar-refractivity contribution in [2.75, 3.05) is 21.0 Å². The molecule has 0 bridgehead atoms. The van der Waals surface area contributed by atoms with Crippen LogP contribution in [-0.2, 0) is 19.4 Å². The first-order chi connectivity index (χ1) is 15.7. The number of fused-ring (bicyclic) bond motifs is 5. The average Bonchev–Trinajstić information content (AvgIpc) is 3.44. The van der Waals surface area contributed by atoms with Crippen LogP contribution in [0.25, 0.3) is 22.0 Å². The summed E-state index contributed by atoms with van der Waals surface area (Å²) < 4.78 is 25.5. The topological polar surface area (TPSA) is 53.7 Å². The Morgan fingerprint density at radius 2 is 1.97 bits per heavy atom. The van der Waals surface area contributed by atoms with Gasteiger partial charge in [-0.15, -0.1) is 11.3 Å². The van der Waals surface area contributed by atoms with Crippen molar-refractivity contribution < 1.29 is 23.5 Å². The maximum absolute atomic E-state index is 6.16. The fraction of sp³-hybridized carbons (Fsp3) is 0.250. The molecule has 4 heterocycles. The molecular formula is C24H20ClN2O4S+. The quantitative estimate of drug-likeness (QED) is 0.404. The Balaban J connectivity index is 1.66. The highest BCUT2D eigenvalue weighted by Gasteiger charge is 2.32. The summed E-state index contributed by atoms with van der Waals surface area (Å²) in [4.78, 5) is 5.36. The number of rotatable bonds is 4. The third kappa shape index (κ3) is 2.99. The van der Waals surface area contributed by atoms with Crippen LogP contribution in [0.4, 0.5) is 0 Å². The summed E-state index contributed by atoms with van der Waals surface area (Å²) in [6.45, 7) is 1.12. The monoisotopic (exact) mass is 467 g/mol. The maximum atomic E-state index is 6.16. The van der Waals surface area contributed by atoms with Gasteiger partial charge in [-0.2, -0.15) is 4.57 Å². The summed E-state index contributed by atoms with van der Waals surface area (Å²) in [7, 11) is 3.34. The van der Waals surface area contributed by atoms with Crippen LogP contribution in [0.15, 0.2) is 36.7 Å². The molecule has 6 nitrogen and oxygen atoms in total. The average molecular weight is 468 g/mol. The van der Waals surface area contributed by atoms with Gasteiger partial charge in [0.1, 0.15) is 0 Å². The largest absolute Gasteiger partial charge is 0.493 e. The number of aromatic nitrogens is 2. The fourth-order valence-electron chi connectivity index (χ4n) is 4.73. The molecular weight excluding hydrogens is 448 g/mol. The lowest BCUT2D eigenvalue weighted by molar-refractivity contribution is -0.686. The van der Waals surface area contributed by atoms with E-state index < -0.39 is 0 Å². The van der Waals surface area contributed by atoms with E-state index in [0.29, 0.717) is 16.6 Å². The van der Waals surface area contributed by atoms with Gasteiger partial charge < -0.3 is 18.9 Å². The van der Waals surface area contributed by atoms with Crippen LogP contribution >= 0.6 is 22.9 Å². The normalized spacial score (nSPS) is 13.7. The maximum Gasteiger partial charge on any atom is 0.231 e. The minimum absolute atomic E-state index is 0.263. The van der Waals surface area contributed by atoms with E-state index in [1.807, 2.05) is 12.3 Å². The van der Waals surface area contributed by atoms with E-state index in [0.717, 1.165) is 45.9 Å². The van der Waals surface area contributed by atoms with Crippen LogP contribution in [0, 0.1) is 0 Å². The standard InChI is InChI=1S/C24H20ClN2O4S/c1-28-19-4-3-15-17(8-14-10-26-24(25)32-14)22-16-9-21-20(30-12-31-21)7-13(16)5-6-27(22)11-18(15)23(19)29-2/h3-4,7,9-11H,5-6,8,12H2,1-2H3/q+1. The summed E-state index contributed by atoms with van der Waals surface area (Å²) in [6, 6.07) is 8.30. The summed E-state index contributed by atoms with van der Waals surface area (Å²) in [5, 5.41) is 2.13. The van der Waals surface area contributed by atoms with Gasteiger partial charge >= 0.3 is 0 Å². The summed E-state index contributed by atoms with van der Waals surface area (Å²) in [6.07, 6.45) is 5.64. The number of thiazole rings is 1. The van der Waals surface area contributed by atoms with E-state index in [-0.39, 0.29) is 6.79 Å². The highest BCUT2D eigenvalue weighted by Crippen LogP contribution is 2.44. The predicted octanol–water partition coefficient (Wildman–Crippen LogP) is 4.80. The Bertz CT molecular complexity index is 1380. The van der Waals surface area contributed by atoms with E-state index >= 15 is 0 Å². The fourth-order valence-corrected chi connectivity index (χ4v) is 5.72. The zero-order chi connectivity index (χ0) is 21.8. The van der Waals surface area contributed by atoms with E-state index in [1.54, 1.807) is 14.2 Å². The Kier molecular flexibility index (Phi) is 4.62. The molecule has 0 spiro atoms. The predicted molar refractivity (Wildman–Crippen MR) is 122 cm³/mol. The number of halogens is 1. The Labute approximate surface area is 193 Å². The Morgan fingerprint density at radius 1 is 1.12 bits per heavy atom. The molecule has 2 aromatic heterocycles. The highest BCUT2D eigenvalue weighted by molar-refractivity contribution is 7.15. The third-order valence-corrected chi connectivity index (χ3v) is 7.23. The third-order valence-electron chi connectivity index (χ3n) is 6.12. The number of ether oxygens (including phenoxy) is 4. The van der Waals surface area contributed by atoms with E-state index in [2.05, 4.69) is 33.9 Å². The van der Waals surface area contributed by atoms with Crippen LogP contribution in [0.1, 0.15) is 16.0 Å². The van der Waals surface area contributed by atoms with Gasteiger partial charge in [0.2, 0.25) is 12.5 Å². The molecule has 0 radical (unpaired) electrons. The van der Waals surface area contributed by atoms with Gasteiger partial charge in [-0.3, -0.25) is 0 Å². The van der Waals surface area contributed by atoms with Gasteiger partial charge in [0.05, 0.1) is 25.2 Å². The number of nitrogens with zero attached hydrogens (tertiary/aromatic N) is 2. The molecule has 0 saturated heterocycles. The van der Waals surface area contributed by atoms with Gasteiger partial charge in [-0.1, -0.05) is 11.6 Å². The van der Waals surface area contributed by atoms with Gasteiger partial charge in [0.15, 0.2) is 40.2 Å². The molecule has 32 heavy (non-hydrogen) atoms. The van der Waals surface area contributed by atoms with E-state index in [9.17, 15) is 0 Å². The minimum Gasteiger partial charge on any atom is -0.493 e. The molecule has 2 aliphatic heterocycles. The molecule has 4 aromatic rings. The summed E-state index contributed by atoms with van der Waals surface area (Å²) >= 11 is 7.66. The molecule has 0 saturated carbocycles. The number of methoxy groups -OCH3 is 2. The number of benzene rings is 2. The minimum atomic E-state index is 0.263. The number of hydrogen-bond acceptors (Lipinski definition) is 6. The number of pyridine rings is 1.